The summed E-state index contributed by atoms with van der Waals surface area (Å²) in [5.74, 6) is 1.27. The molecular formula is C12H9ClIN3. The average molecular weight is 358 g/mol. The molecule has 2 aromatic heterocycles. The van der Waals surface area contributed by atoms with Crippen molar-refractivity contribution in [2.45, 2.75) is 18.8 Å². The Labute approximate surface area is 118 Å². The van der Waals surface area contributed by atoms with Gasteiger partial charge in [0.1, 0.15) is 5.15 Å². The zero-order chi connectivity index (χ0) is 11.8. The minimum atomic E-state index is 0.550. The van der Waals surface area contributed by atoms with E-state index < -0.39 is 0 Å². The van der Waals surface area contributed by atoms with Gasteiger partial charge in [-0.05, 0) is 47.6 Å². The van der Waals surface area contributed by atoms with Crippen LogP contribution >= 0.6 is 34.2 Å². The number of rotatable bonds is 2. The van der Waals surface area contributed by atoms with Gasteiger partial charge in [0.2, 0.25) is 0 Å². The van der Waals surface area contributed by atoms with Crippen molar-refractivity contribution in [1.29, 1.82) is 0 Å². The molecule has 0 spiro atoms. The Bertz CT molecular complexity index is 555. The van der Waals surface area contributed by atoms with E-state index in [1.165, 1.54) is 12.8 Å². The minimum Gasteiger partial charge on any atom is -0.265 e. The van der Waals surface area contributed by atoms with E-state index in [0.29, 0.717) is 16.9 Å². The van der Waals surface area contributed by atoms with Crippen molar-refractivity contribution >= 4 is 34.2 Å². The van der Waals surface area contributed by atoms with Crippen LogP contribution in [0.25, 0.3) is 11.4 Å². The van der Waals surface area contributed by atoms with Gasteiger partial charge in [0.15, 0.2) is 5.82 Å². The van der Waals surface area contributed by atoms with Crippen molar-refractivity contribution in [3.63, 3.8) is 0 Å². The van der Waals surface area contributed by atoms with Crippen LogP contribution in [0.4, 0.5) is 0 Å². The first-order valence-electron chi connectivity index (χ1n) is 5.39. The lowest BCUT2D eigenvalue weighted by molar-refractivity contribution is 0.977. The highest BCUT2D eigenvalue weighted by Crippen LogP contribution is 2.42. The Balaban J connectivity index is 2.12. The Hall–Kier alpha value is -0.750. The van der Waals surface area contributed by atoms with Crippen LogP contribution in [0.2, 0.25) is 5.15 Å². The molecule has 0 aromatic carbocycles. The van der Waals surface area contributed by atoms with Crippen molar-refractivity contribution < 1.29 is 0 Å². The van der Waals surface area contributed by atoms with Crippen molar-refractivity contribution in [2.24, 2.45) is 0 Å². The summed E-state index contributed by atoms with van der Waals surface area (Å²) in [6.45, 7) is 0. The number of pyridine rings is 1. The molecule has 1 saturated carbocycles. The SMILES string of the molecule is Clc1nc(-c2ccncc2)nc(C2CC2)c1I. The van der Waals surface area contributed by atoms with Crippen LogP contribution in [0, 0.1) is 3.57 Å². The van der Waals surface area contributed by atoms with Gasteiger partial charge >= 0.3 is 0 Å². The second kappa shape index (κ2) is 4.49. The van der Waals surface area contributed by atoms with E-state index in [9.17, 15) is 0 Å². The number of hydrogen-bond donors (Lipinski definition) is 0. The summed E-state index contributed by atoms with van der Waals surface area (Å²) in [6, 6.07) is 3.80. The van der Waals surface area contributed by atoms with Gasteiger partial charge < -0.3 is 0 Å². The zero-order valence-electron chi connectivity index (χ0n) is 8.90. The predicted octanol–water partition coefficient (Wildman–Crippen LogP) is 3.67. The summed E-state index contributed by atoms with van der Waals surface area (Å²) in [7, 11) is 0. The van der Waals surface area contributed by atoms with E-state index in [4.69, 9.17) is 11.6 Å². The first-order chi connectivity index (χ1) is 8.25. The molecule has 0 bridgehead atoms. The fourth-order valence-electron chi connectivity index (χ4n) is 1.69. The quantitative estimate of drug-likeness (QED) is 0.608. The molecule has 0 unspecified atom stereocenters. The molecule has 0 radical (unpaired) electrons. The molecule has 86 valence electrons. The molecule has 17 heavy (non-hydrogen) atoms. The van der Waals surface area contributed by atoms with Crippen LogP contribution in [0.15, 0.2) is 24.5 Å². The fourth-order valence-corrected chi connectivity index (χ4v) is 2.55. The highest BCUT2D eigenvalue weighted by molar-refractivity contribution is 14.1. The van der Waals surface area contributed by atoms with Gasteiger partial charge in [-0.25, -0.2) is 9.97 Å². The third kappa shape index (κ3) is 2.28. The summed E-state index contributed by atoms with van der Waals surface area (Å²) in [6.07, 6.45) is 5.89. The van der Waals surface area contributed by atoms with Crippen LogP contribution in [0.5, 0.6) is 0 Å². The first kappa shape index (κ1) is 11.3. The third-order valence-corrected chi connectivity index (χ3v) is 4.39. The van der Waals surface area contributed by atoms with Crippen LogP contribution in [0.1, 0.15) is 24.5 Å². The lowest BCUT2D eigenvalue weighted by atomic mass is 10.2. The van der Waals surface area contributed by atoms with Gasteiger partial charge in [0, 0.05) is 23.9 Å². The maximum atomic E-state index is 6.17. The molecule has 1 fully saturated rings. The van der Waals surface area contributed by atoms with Crippen LogP contribution < -0.4 is 0 Å². The summed E-state index contributed by atoms with van der Waals surface area (Å²) in [5, 5.41) is 0.550. The molecule has 2 aromatic rings. The third-order valence-electron chi connectivity index (χ3n) is 2.74. The second-order valence-electron chi connectivity index (χ2n) is 4.05. The van der Waals surface area contributed by atoms with Gasteiger partial charge in [-0.2, -0.15) is 0 Å². The predicted molar refractivity (Wildman–Crippen MR) is 75.0 cm³/mol. The van der Waals surface area contributed by atoms with Gasteiger partial charge in [-0.1, -0.05) is 11.6 Å². The number of halogens is 2. The molecule has 1 aliphatic carbocycles. The molecule has 0 amide bonds. The van der Waals surface area contributed by atoms with Crippen molar-refractivity contribution in [3.05, 3.63) is 38.9 Å². The topological polar surface area (TPSA) is 38.7 Å². The van der Waals surface area contributed by atoms with Crippen LogP contribution in [-0.4, -0.2) is 15.0 Å². The molecule has 0 saturated heterocycles. The zero-order valence-corrected chi connectivity index (χ0v) is 11.8. The Morgan fingerprint density at radius 2 is 1.88 bits per heavy atom. The largest absolute Gasteiger partial charge is 0.265 e. The Morgan fingerprint density at radius 1 is 1.18 bits per heavy atom. The molecule has 0 atom stereocenters. The van der Waals surface area contributed by atoms with Crippen LogP contribution in [0.3, 0.4) is 0 Å². The molecule has 1 aliphatic rings. The normalized spacial score (nSPS) is 14.9. The Kier molecular flexibility index (Phi) is 3.00. The molecule has 0 N–H and O–H groups in total. The summed E-state index contributed by atoms with van der Waals surface area (Å²) in [4.78, 5) is 13.0. The molecule has 0 aliphatic heterocycles. The van der Waals surface area contributed by atoms with E-state index in [2.05, 4.69) is 37.5 Å². The van der Waals surface area contributed by atoms with Gasteiger partial charge in [-0.15, -0.1) is 0 Å². The smallest absolute Gasteiger partial charge is 0.161 e. The van der Waals surface area contributed by atoms with Gasteiger partial charge in [0.05, 0.1) is 9.26 Å². The molecule has 3 nitrogen and oxygen atoms in total. The lowest BCUT2D eigenvalue weighted by Gasteiger charge is -2.07. The maximum Gasteiger partial charge on any atom is 0.161 e. The maximum absolute atomic E-state index is 6.17. The minimum absolute atomic E-state index is 0.550. The van der Waals surface area contributed by atoms with Gasteiger partial charge in [-0.3, -0.25) is 4.98 Å². The fraction of sp³-hybridized carbons (Fsp3) is 0.250. The van der Waals surface area contributed by atoms with Gasteiger partial charge in [0.25, 0.3) is 0 Å². The summed E-state index contributed by atoms with van der Waals surface area (Å²) >= 11 is 8.39. The lowest BCUT2D eigenvalue weighted by Crippen LogP contribution is -1.99. The van der Waals surface area contributed by atoms with Crippen molar-refractivity contribution in [1.82, 2.24) is 15.0 Å². The number of hydrogen-bond acceptors (Lipinski definition) is 3. The van der Waals surface area contributed by atoms with E-state index in [1.807, 2.05) is 12.1 Å². The van der Waals surface area contributed by atoms with E-state index in [0.717, 1.165) is 14.8 Å². The molecule has 2 heterocycles. The van der Waals surface area contributed by atoms with E-state index >= 15 is 0 Å². The van der Waals surface area contributed by atoms with Crippen molar-refractivity contribution in [3.8, 4) is 11.4 Å². The summed E-state index contributed by atoms with van der Waals surface area (Å²) < 4.78 is 0.990. The molecule has 3 rings (SSSR count). The standard InChI is InChI=1S/C12H9ClIN3/c13-11-9(14)10(7-1-2-7)16-12(17-11)8-3-5-15-6-4-8/h3-7H,1-2H2. The highest BCUT2D eigenvalue weighted by Gasteiger charge is 2.29. The van der Waals surface area contributed by atoms with Crippen molar-refractivity contribution in [2.75, 3.05) is 0 Å². The molecule has 5 heteroatoms. The highest BCUT2D eigenvalue weighted by atomic mass is 127. The number of nitrogens with zero attached hydrogens (tertiary/aromatic N) is 3. The average Bonchev–Trinajstić information content (AvgIpc) is 3.18. The van der Waals surface area contributed by atoms with E-state index in [-0.39, 0.29) is 0 Å². The summed E-state index contributed by atoms with van der Waals surface area (Å²) in [5.41, 5.74) is 2.05. The second-order valence-corrected chi connectivity index (χ2v) is 5.48. The van der Waals surface area contributed by atoms with E-state index in [1.54, 1.807) is 12.4 Å². The first-order valence-corrected chi connectivity index (χ1v) is 6.84. The number of aromatic nitrogens is 3. The Morgan fingerprint density at radius 3 is 2.53 bits per heavy atom. The molecular weight excluding hydrogens is 349 g/mol. The monoisotopic (exact) mass is 357 g/mol. The van der Waals surface area contributed by atoms with Crippen LogP contribution in [-0.2, 0) is 0 Å².